The Hall–Kier alpha value is -1.58. The molecule has 0 fully saturated rings. The van der Waals surface area contributed by atoms with Crippen LogP contribution in [-0.4, -0.2) is 22.1 Å². The van der Waals surface area contributed by atoms with Gasteiger partial charge in [-0.2, -0.15) is 0 Å². The summed E-state index contributed by atoms with van der Waals surface area (Å²) in [5.74, 6) is 0.549. The lowest BCUT2D eigenvalue weighted by Gasteiger charge is -2.30. The lowest BCUT2D eigenvalue weighted by molar-refractivity contribution is 0.119. The van der Waals surface area contributed by atoms with Gasteiger partial charge >= 0.3 is 0 Å². The number of hydrogen-bond acceptors (Lipinski definition) is 3. The van der Waals surface area contributed by atoms with E-state index >= 15 is 0 Å². The van der Waals surface area contributed by atoms with Crippen LogP contribution in [0.1, 0.15) is 35.8 Å². The van der Waals surface area contributed by atoms with Gasteiger partial charge in [-0.05, 0) is 12.8 Å². The smallest absolute Gasteiger partial charge is 0.233 e. The molecule has 1 aromatic rings. The molecule has 0 radical (unpaired) electrons. The largest absolute Gasteiger partial charge is 0.492 e. The lowest BCUT2D eigenvalue weighted by Crippen LogP contribution is -2.15. The van der Waals surface area contributed by atoms with E-state index in [2.05, 4.69) is 12.2 Å². The molecule has 0 aromatic carbocycles. The van der Waals surface area contributed by atoms with Crippen molar-refractivity contribution in [1.29, 1.82) is 0 Å². The van der Waals surface area contributed by atoms with Crippen LogP contribution in [0.3, 0.4) is 0 Å². The van der Waals surface area contributed by atoms with E-state index in [0.717, 1.165) is 28.7 Å². The van der Waals surface area contributed by atoms with E-state index in [1.165, 1.54) is 7.11 Å². The second-order valence-electron chi connectivity index (χ2n) is 4.13. The van der Waals surface area contributed by atoms with Crippen LogP contribution < -0.4 is 4.84 Å². The molecule has 15 heavy (non-hydrogen) atoms. The zero-order valence-electron chi connectivity index (χ0n) is 8.47. The Balaban J connectivity index is 2.28. The Morgan fingerprint density at radius 3 is 1.93 bits per heavy atom. The van der Waals surface area contributed by atoms with Gasteiger partial charge in [0.2, 0.25) is 11.8 Å². The maximum atomic E-state index is 9.92. The Morgan fingerprint density at radius 2 is 1.60 bits per heavy atom. The first-order chi connectivity index (χ1) is 7.24. The average molecular weight is 207 g/mol. The third-order valence-corrected chi connectivity index (χ3v) is 3.45. The van der Waals surface area contributed by atoms with E-state index in [0.29, 0.717) is 0 Å². The fourth-order valence-electron chi connectivity index (χ4n) is 2.77. The van der Waals surface area contributed by atoms with Crippen LogP contribution in [-0.2, 0) is 0 Å². The summed E-state index contributed by atoms with van der Waals surface area (Å²) in [4.78, 5) is 4.94. The first-order valence-corrected chi connectivity index (χ1v) is 5.13. The molecule has 0 saturated heterocycles. The first-order valence-electron chi connectivity index (χ1n) is 5.13. The molecule has 4 nitrogen and oxygen atoms in total. The molecule has 0 aliphatic heterocycles. The van der Waals surface area contributed by atoms with Gasteiger partial charge in [-0.25, -0.2) is 0 Å². The highest BCUT2D eigenvalue weighted by Gasteiger charge is 2.38. The average Bonchev–Trinajstić information content (AvgIpc) is 2.55. The number of allylic oxidation sites excluding steroid dienone is 2. The van der Waals surface area contributed by atoms with Gasteiger partial charge in [0.15, 0.2) is 0 Å². The monoisotopic (exact) mass is 207 g/mol. The number of hydrogen-bond donors (Lipinski definition) is 2. The maximum Gasteiger partial charge on any atom is 0.233 e. The molecule has 3 aliphatic carbocycles. The van der Waals surface area contributed by atoms with E-state index in [9.17, 15) is 10.2 Å². The summed E-state index contributed by atoms with van der Waals surface area (Å²) in [5.41, 5.74) is 1.68. The molecule has 2 bridgehead atoms. The van der Waals surface area contributed by atoms with Gasteiger partial charge in [0.1, 0.15) is 7.11 Å². The molecule has 80 valence electrons. The highest BCUT2D eigenvalue weighted by Crippen LogP contribution is 2.52. The summed E-state index contributed by atoms with van der Waals surface area (Å²) in [6, 6.07) is 0. The van der Waals surface area contributed by atoms with Crippen molar-refractivity contribution >= 4 is 0 Å². The molecule has 2 N–H and O–H groups in total. The molecule has 4 heteroatoms. The van der Waals surface area contributed by atoms with Crippen LogP contribution >= 0.6 is 0 Å². The van der Waals surface area contributed by atoms with Crippen molar-refractivity contribution < 1.29 is 15.1 Å². The zero-order chi connectivity index (χ0) is 10.6. The highest BCUT2D eigenvalue weighted by molar-refractivity contribution is 5.55. The molecule has 0 spiro atoms. The molecule has 3 aliphatic rings. The maximum absolute atomic E-state index is 9.92. The molecule has 4 rings (SSSR count). The molecule has 1 aromatic heterocycles. The molecule has 0 amide bonds. The van der Waals surface area contributed by atoms with Gasteiger partial charge in [-0.15, -0.1) is 4.73 Å². The summed E-state index contributed by atoms with van der Waals surface area (Å²) < 4.78 is 1.10. The second kappa shape index (κ2) is 2.72. The minimum atomic E-state index is 0.0454. The topological polar surface area (TPSA) is 54.6 Å². The Morgan fingerprint density at radius 1 is 1.13 bits per heavy atom. The van der Waals surface area contributed by atoms with Crippen LogP contribution in [0.5, 0.6) is 11.8 Å². The van der Waals surface area contributed by atoms with Crippen LogP contribution in [0.25, 0.3) is 0 Å². The Bertz CT molecular complexity index is 410. The van der Waals surface area contributed by atoms with Gasteiger partial charge in [-0.3, -0.25) is 0 Å². The van der Waals surface area contributed by atoms with E-state index in [1.54, 1.807) is 0 Å². The molecule has 2 unspecified atom stereocenters. The van der Waals surface area contributed by atoms with Crippen LogP contribution in [0.2, 0.25) is 0 Å². The third kappa shape index (κ3) is 0.914. The van der Waals surface area contributed by atoms with E-state index in [4.69, 9.17) is 4.84 Å². The summed E-state index contributed by atoms with van der Waals surface area (Å²) >= 11 is 0. The number of aromatic hydroxyl groups is 2. The van der Waals surface area contributed by atoms with Crippen LogP contribution in [0, 0.1) is 0 Å². The van der Waals surface area contributed by atoms with E-state index in [-0.39, 0.29) is 23.6 Å². The molecule has 2 atom stereocenters. The number of rotatable bonds is 1. The number of aromatic nitrogens is 1. The van der Waals surface area contributed by atoms with E-state index < -0.39 is 0 Å². The number of fused-ring (bicyclic) bond motifs is 1. The van der Waals surface area contributed by atoms with Crippen molar-refractivity contribution in [3.8, 4) is 11.8 Å². The van der Waals surface area contributed by atoms with Crippen molar-refractivity contribution in [2.45, 2.75) is 24.7 Å². The van der Waals surface area contributed by atoms with Crippen LogP contribution in [0.15, 0.2) is 12.2 Å². The standard InChI is InChI=1S/C11H13NO3/c1-15-12-10(13)8-6-2-3-7(5-4-6)9(8)11(12)14/h2-3,6-7,13-14H,4-5H2,1H3. The molecular formula is C11H13NO3. The Kier molecular flexibility index (Phi) is 1.58. The highest BCUT2D eigenvalue weighted by atomic mass is 16.7. The quantitative estimate of drug-likeness (QED) is 0.686. The molecule has 0 saturated carbocycles. The molecular weight excluding hydrogens is 194 g/mol. The predicted molar refractivity (Wildman–Crippen MR) is 54.1 cm³/mol. The Labute approximate surface area is 87.4 Å². The fraction of sp³-hybridized carbons (Fsp3) is 0.455. The van der Waals surface area contributed by atoms with Crippen molar-refractivity contribution in [3.05, 3.63) is 23.3 Å². The van der Waals surface area contributed by atoms with Gasteiger partial charge in [0, 0.05) is 23.0 Å². The fourth-order valence-corrected chi connectivity index (χ4v) is 2.77. The first kappa shape index (κ1) is 8.71. The van der Waals surface area contributed by atoms with Crippen molar-refractivity contribution in [3.63, 3.8) is 0 Å². The van der Waals surface area contributed by atoms with Gasteiger partial charge in [-0.1, -0.05) is 12.2 Å². The minimum absolute atomic E-state index is 0.0454. The van der Waals surface area contributed by atoms with Crippen LogP contribution in [0.4, 0.5) is 0 Å². The third-order valence-electron chi connectivity index (χ3n) is 3.45. The minimum Gasteiger partial charge on any atom is -0.492 e. The van der Waals surface area contributed by atoms with Gasteiger partial charge < -0.3 is 15.1 Å². The zero-order valence-corrected chi connectivity index (χ0v) is 8.47. The normalized spacial score (nSPS) is 26.7. The van der Waals surface area contributed by atoms with E-state index in [1.807, 2.05) is 0 Å². The lowest BCUT2D eigenvalue weighted by atomic mass is 9.73. The van der Waals surface area contributed by atoms with Gasteiger partial charge in [0.25, 0.3) is 0 Å². The summed E-state index contributed by atoms with van der Waals surface area (Å²) in [6.45, 7) is 0. The molecule has 1 heterocycles. The number of nitrogens with zero attached hydrogens (tertiary/aromatic N) is 1. The summed E-state index contributed by atoms with van der Waals surface area (Å²) in [5, 5.41) is 19.8. The summed E-state index contributed by atoms with van der Waals surface area (Å²) in [7, 11) is 1.43. The summed E-state index contributed by atoms with van der Waals surface area (Å²) in [6.07, 6.45) is 6.29. The SMILES string of the molecule is COn1c(O)c2c(c1O)C1C=CC2CC1. The van der Waals surface area contributed by atoms with Crippen molar-refractivity contribution in [2.75, 3.05) is 7.11 Å². The predicted octanol–water partition coefficient (Wildman–Crippen LogP) is 1.49. The van der Waals surface area contributed by atoms with Crippen molar-refractivity contribution in [2.24, 2.45) is 0 Å². The second-order valence-corrected chi connectivity index (χ2v) is 4.13. The van der Waals surface area contributed by atoms with Gasteiger partial charge in [0.05, 0.1) is 0 Å². The van der Waals surface area contributed by atoms with Crippen molar-refractivity contribution in [1.82, 2.24) is 4.73 Å².